The van der Waals surface area contributed by atoms with Gasteiger partial charge < -0.3 is 5.73 Å². The summed E-state index contributed by atoms with van der Waals surface area (Å²) in [5.74, 6) is 0. The van der Waals surface area contributed by atoms with Crippen LogP contribution in [-0.2, 0) is 12.0 Å². The lowest BCUT2D eigenvalue weighted by Gasteiger charge is -2.28. The van der Waals surface area contributed by atoms with Gasteiger partial charge in [-0.25, -0.2) is 0 Å². The molecule has 2 N–H and O–H groups in total. The van der Waals surface area contributed by atoms with Gasteiger partial charge >= 0.3 is 0 Å². The number of nitrogens with zero attached hydrogens (tertiary/aromatic N) is 1. The molecule has 1 unspecified atom stereocenters. The second-order valence-electron chi connectivity index (χ2n) is 4.80. The van der Waals surface area contributed by atoms with Crippen LogP contribution in [0.2, 0.25) is 10.0 Å². The Balaban J connectivity index is 2.31. The minimum absolute atomic E-state index is 0.516. The Morgan fingerprint density at radius 1 is 1.20 bits per heavy atom. The van der Waals surface area contributed by atoms with E-state index in [1.807, 2.05) is 24.3 Å². The summed E-state index contributed by atoms with van der Waals surface area (Å²) in [5.41, 5.74) is 7.94. The fourth-order valence-corrected chi connectivity index (χ4v) is 2.64. The molecule has 1 aromatic heterocycles. The molecule has 1 aromatic carbocycles. The van der Waals surface area contributed by atoms with Crippen molar-refractivity contribution < 1.29 is 0 Å². The lowest BCUT2D eigenvalue weighted by Crippen LogP contribution is -2.39. The molecule has 0 bridgehead atoms. The van der Waals surface area contributed by atoms with Gasteiger partial charge in [-0.1, -0.05) is 36.2 Å². The summed E-state index contributed by atoms with van der Waals surface area (Å²) in [4.78, 5) is 4.43. The first kappa shape index (κ1) is 15.8. The van der Waals surface area contributed by atoms with Crippen molar-refractivity contribution in [2.24, 2.45) is 5.73 Å². The third kappa shape index (κ3) is 3.53. The molecule has 106 valence electrons. The standard InChI is InChI=1S/C15H15BrCl2N2/c1-2-15(19,14-6-4-11(16)9-20-14)8-10-3-5-12(17)13(18)7-10/h3-7,9H,2,8,19H2,1H3. The van der Waals surface area contributed by atoms with Crippen molar-refractivity contribution in [2.45, 2.75) is 25.3 Å². The van der Waals surface area contributed by atoms with Gasteiger partial charge in [0.1, 0.15) is 0 Å². The Labute approximate surface area is 137 Å². The molecule has 2 aromatic rings. The van der Waals surface area contributed by atoms with Crippen LogP contribution in [0.5, 0.6) is 0 Å². The minimum atomic E-state index is -0.516. The predicted octanol–water partition coefficient (Wildman–Crippen LogP) is 4.96. The van der Waals surface area contributed by atoms with Crippen LogP contribution in [0.15, 0.2) is 41.0 Å². The zero-order valence-electron chi connectivity index (χ0n) is 11.0. The van der Waals surface area contributed by atoms with Gasteiger partial charge in [0.25, 0.3) is 0 Å². The first-order chi connectivity index (χ1) is 9.44. The van der Waals surface area contributed by atoms with Crippen LogP contribution in [0.25, 0.3) is 0 Å². The number of aromatic nitrogens is 1. The largest absolute Gasteiger partial charge is 0.320 e. The highest BCUT2D eigenvalue weighted by atomic mass is 79.9. The van der Waals surface area contributed by atoms with E-state index in [2.05, 4.69) is 27.8 Å². The summed E-state index contributed by atoms with van der Waals surface area (Å²) in [5, 5.41) is 1.10. The van der Waals surface area contributed by atoms with E-state index in [0.29, 0.717) is 16.5 Å². The van der Waals surface area contributed by atoms with E-state index in [1.165, 1.54) is 0 Å². The van der Waals surface area contributed by atoms with Crippen LogP contribution < -0.4 is 5.73 Å². The molecule has 20 heavy (non-hydrogen) atoms. The number of benzene rings is 1. The van der Waals surface area contributed by atoms with Crippen molar-refractivity contribution in [2.75, 3.05) is 0 Å². The molecule has 0 amide bonds. The molecule has 1 heterocycles. The first-order valence-corrected chi connectivity index (χ1v) is 7.84. The quantitative estimate of drug-likeness (QED) is 0.822. The fraction of sp³-hybridized carbons (Fsp3) is 0.267. The normalized spacial score (nSPS) is 14.1. The van der Waals surface area contributed by atoms with Crippen molar-refractivity contribution in [3.8, 4) is 0 Å². The zero-order chi connectivity index (χ0) is 14.8. The van der Waals surface area contributed by atoms with Crippen LogP contribution in [0.1, 0.15) is 24.6 Å². The third-order valence-corrected chi connectivity index (χ3v) is 4.58. The lowest BCUT2D eigenvalue weighted by molar-refractivity contribution is 0.412. The molecule has 0 fully saturated rings. The minimum Gasteiger partial charge on any atom is -0.320 e. The van der Waals surface area contributed by atoms with Crippen molar-refractivity contribution in [3.63, 3.8) is 0 Å². The molecule has 0 saturated heterocycles. The van der Waals surface area contributed by atoms with Gasteiger partial charge in [-0.2, -0.15) is 0 Å². The smallest absolute Gasteiger partial charge is 0.0621 e. The highest BCUT2D eigenvalue weighted by molar-refractivity contribution is 9.10. The Morgan fingerprint density at radius 3 is 2.50 bits per heavy atom. The van der Waals surface area contributed by atoms with Gasteiger partial charge in [-0.3, -0.25) is 4.98 Å². The molecule has 0 aliphatic carbocycles. The van der Waals surface area contributed by atoms with E-state index in [0.717, 1.165) is 22.2 Å². The topological polar surface area (TPSA) is 38.9 Å². The lowest BCUT2D eigenvalue weighted by atomic mass is 9.86. The predicted molar refractivity (Wildman–Crippen MR) is 88.3 cm³/mol. The van der Waals surface area contributed by atoms with Crippen molar-refractivity contribution in [1.29, 1.82) is 0 Å². The Hall–Kier alpha value is -0.610. The molecule has 0 spiro atoms. The second kappa shape index (κ2) is 6.44. The average molecular weight is 374 g/mol. The molecule has 0 aliphatic heterocycles. The summed E-state index contributed by atoms with van der Waals surface area (Å²) in [6.07, 6.45) is 3.21. The second-order valence-corrected chi connectivity index (χ2v) is 6.53. The molecule has 0 aliphatic rings. The van der Waals surface area contributed by atoms with Crippen molar-refractivity contribution >= 4 is 39.1 Å². The van der Waals surface area contributed by atoms with Gasteiger partial charge in [0.15, 0.2) is 0 Å². The van der Waals surface area contributed by atoms with Crippen LogP contribution >= 0.6 is 39.1 Å². The Bertz CT molecular complexity index is 601. The van der Waals surface area contributed by atoms with Crippen molar-refractivity contribution in [1.82, 2.24) is 4.98 Å². The SMILES string of the molecule is CCC(N)(Cc1ccc(Cl)c(Cl)c1)c1ccc(Br)cn1. The monoisotopic (exact) mass is 372 g/mol. The maximum Gasteiger partial charge on any atom is 0.0621 e. The first-order valence-electron chi connectivity index (χ1n) is 6.29. The highest BCUT2D eigenvalue weighted by Crippen LogP contribution is 2.29. The van der Waals surface area contributed by atoms with E-state index < -0.39 is 5.54 Å². The summed E-state index contributed by atoms with van der Waals surface area (Å²) >= 11 is 15.4. The summed E-state index contributed by atoms with van der Waals surface area (Å²) < 4.78 is 0.939. The summed E-state index contributed by atoms with van der Waals surface area (Å²) in [6, 6.07) is 9.51. The van der Waals surface area contributed by atoms with Crippen LogP contribution in [0.3, 0.4) is 0 Å². The zero-order valence-corrected chi connectivity index (χ0v) is 14.1. The summed E-state index contributed by atoms with van der Waals surface area (Å²) in [6.45, 7) is 2.06. The van der Waals surface area contributed by atoms with Crippen LogP contribution in [0.4, 0.5) is 0 Å². The number of pyridine rings is 1. The third-order valence-electron chi connectivity index (χ3n) is 3.37. The van der Waals surface area contributed by atoms with E-state index >= 15 is 0 Å². The molecule has 2 nitrogen and oxygen atoms in total. The van der Waals surface area contributed by atoms with E-state index in [-0.39, 0.29) is 0 Å². The average Bonchev–Trinajstić information content (AvgIpc) is 2.43. The van der Waals surface area contributed by atoms with Gasteiger partial charge in [0.05, 0.1) is 21.3 Å². The molecule has 5 heteroatoms. The fourth-order valence-electron chi connectivity index (χ4n) is 2.08. The number of hydrogen-bond acceptors (Lipinski definition) is 2. The van der Waals surface area contributed by atoms with Gasteiger partial charge in [-0.05, 0) is 58.6 Å². The van der Waals surface area contributed by atoms with Gasteiger partial charge in [-0.15, -0.1) is 0 Å². The molecule has 0 saturated carbocycles. The molecule has 1 atom stereocenters. The Morgan fingerprint density at radius 2 is 1.95 bits per heavy atom. The van der Waals surface area contributed by atoms with E-state index in [9.17, 15) is 0 Å². The maximum atomic E-state index is 6.53. The van der Waals surface area contributed by atoms with Crippen LogP contribution in [0, 0.1) is 0 Å². The van der Waals surface area contributed by atoms with Crippen LogP contribution in [-0.4, -0.2) is 4.98 Å². The maximum absolute atomic E-state index is 6.53. The molecule has 0 radical (unpaired) electrons. The highest BCUT2D eigenvalue weighted by Gasteiger charge is 2.27. The van der Waals surface area contributed by atoms with E-state index in [1.54, 1.807) is 12.3 Å². The number of rotatable bonds is 4. The van der Waals surface area contributed by atoms with Gasteiger partial charge in [0.2, 0.25) is 0 Å². The van der Waals surface area contributed by atoms with Crippen molar-refractivity contribution in [3.05, 3.63) is 62.3 Å². The molecule has 2 rings (SSSR count). The molecular weight excluding hydrogens is 359 g/mol. The summed E-state index contributed by atoms with van der Waals surface area (Å²) in [7, 11) is 0. The van der Waals surface area contributed by atoms with E-state index in [4.69, 9.17) is 28.9 Å². The molecular formula is C15H15BrCl2N2. The Kier molecular flexibility index (Phi) is 5.08. The number of hydrogen-bond donors (Lipinski definition) is 1. The number of halogens is 3. The number of nitrogens with two attached hydrogens (primary N) is 1. The van der Waals surface area contributed by atoms with Gasteiger partial charge in [0, 0.05) is 10.7 Å².